The first-order chi connectivity index (χ1) is 7.99. The molecular weight excluding hydrogens is 241 g/mol. The second-order valence-electron chi connectivity index (χ2n) is 4.10. The summed E-state index contributed by atoms with van der Waals surface area (Å²) in [5.74, 6) is 0.142. The largest absolute Gasteiger partial charge is 0.448 e. The van der Waals surface area contributed by atoms with Gasteiger partial charge in [0.1, 0.15) is 11.6 Å². The Hall–Kier alpha value is -1.32. The SMILES string of the molecule is Cc1cc(C)c(C(N)c2ccc(Cl)o2)c(F)c1. The van der Waals surface area contributed by atoms with Crippen LogP contribution >= 0.6 is 11.6 Å². The van der Waals surface area contributed by atoms with Crippen LogP contribution in [0, 0.1) is 19.7 Å². The summed E-state index contributed by atoms with van der Waals surface area (Å²) in [6, 6.07) is 5.97. The van der Waals surface area contributed by atoms with E-state index in [4.69, 9.17) is 21.8 Å². The maximum Gasteiger partial charge on any atom is 0.193 e. The van der Waals surface area contributed by atoms with Crippen LogP contribution in [0.2, 0.25) is 5.22 Å². The number of furan rings is 1. The van der Waals surface area contributed by atoms with E-state index in [9.17, 15) is 4.39 Å². The van der Waals surface area contributed by atoms with Crippen LogP contribution in [-0.2, 0) is 0 Å². The second kappa shape index (κ2) is 4.51. The highest BCUT2D eigenvalue weighted by Crippen LogP contribution is 2.28. The number of benzene rings is 1. The molecule has 0 fully saturated rings. The summed E-state index contributed by atoms with van der Waals surface area (Å²) in [4.78, 5) is 0. The zero-order valence-corrected chi connectivity index (χ0v) is 10.4. The molecule has 1 heterocycles. The summed E-state index contributed by atoms with van der Waals surface area (Å²) in [6.45, 7) is 3.67. The van der Waals surface area contributed by atoms with Gasteiger partial charge in [0.25, 0.3) is 0 Å². The first kappa shape index (κ1) is 12.1. The lowest BCUT2D eigenvalue weighted by Crippen LogP contribution is -2.14. The van der Waals surface area contributed by atoms with Gasteiger partial charge in [0.15, 0.2) is 5.22 Å². The molecule has 0 aliphatic carbocycles. The van der Waals surface area contributed by atoms with Crippen molar-refractivity contribution in [2.45, 2.75) is 19.9 Å². The maximum atomic E-state index is 13.9. The van der Waals surface area contributed by atoms with Gasteiger partial charge in [-0.3, -0.25) is 0 Å². The average Bonchev–Trinajstić information content (AvgIpc) is 2.63. The number of hydrogen-bond donors (Lipinski definition) is 1. The first-order valence-corrected chi connectivity index (χ1v) is 5.64. The smallest absolute Gasteiger partial charge is 0.193 e. The zero-order valence-electron chi connectivity index (χ0n) is 9.63. The van der Waals surface area contributed by atoms with Gasteiger partial charge in [-0.05, 0) is 54.8 Å². The van der Waals surface area contributed by atoms with Gasteiger partial charge in [0.2, 0.25) is 0 Å². The molecule has 1 atom stereocenters. The third-order valence-corrected chi connectivity index (χ3v) is 2.90. The molecule has 4 heteroatoms. The van der Waals surface area contributed by atoms with E-state index in [1.165, 1.54) is 6.07 Å². The first-order valence-electron chi connectivity index (χ1n) is 5.26. The van der Waals surface area contributed by atoms with Crippen LogP contribution in [0.15, 0.2) is 28.7 Å². The van der Waals surface area contributed by atoms with E-state index >= 15 is 0 Å². The van der Waals surface area contributed by atoms with E-state index in [1.54, 1.807) is 12.1 Å². The Morgan fingerprint density at radius 3 is 2.53 bits per heavy atom. The van der Waals surface area contributed by atoms with Crippen molar-refractivity contribution >= 4 is 11.6 Å². The Balaban J connectivity index is 2.47. The van der Waals surface area contributed by atoms with Gasteiger partial charge >= 0.3 is 0 Å². The van der Waals surface area contributed by atoms with E-state index in [0.29, 0.717) is 11.3 Å². The molecule has 2 nitrogen and oxygen atoms in total. The number of nitrogens with two attached hydrogens (primary N) is 1. The monoisotopic (exact) mass is 253 g/mol. The van der Waals surface area contributed by atoms with Gasteiger partial charge in [-0.2, -0.15) is 0 Å². The van der Waals surface area contributed by atoms with Crippen LogP contribution in [0.25, 0.3) is 0 Å². The fraction of sp³-hybridized carbons (Fsp3) is 0.231. The third-order valence-electron chi connectivity index (χ3n) is 2.69. The van der Waals surface area contributed by atoms with E-state index in [-0.39, 0.29) is 11.0 Å². The van der Waals surface area contributed by atoms with Crippen LogP contribution in [0.5, 0.6) is 0 Å². The van der Waals surface area contributed by atoms with E-state index < -0.39 is 6.04 Å². The van der Waals surface area contributed by atoms with Crippen molar-refractivity contribution in [3.63, 3.8) is 0 Å². The predicted molar refractivity (Wildman–Crippen MR) is 65.6 cm³/mol. The molecule has 1 unspecified atom stereocenters. The molecule has 2 aromatic rings. The Bertz CT molecular complexity index is 527. The zero-order chi connectivity index (χ0) is 12.6. The molecule has 0 aliphatic heterocycles. The van der Waals surface area contributed by atoms with Gasteiger partial charge < -0.3 is 10.2 Å². The minimum absolute atomic E-state index is 0.251. The quantitative estimate of drug-likeness (QED) is 0.886. The number of aryl methyl sites for hydroxylation is 2. The van der Waals surface area contributed by atoms with Crippen molar-refractivity contribution in [1.29, 1.82) is 0 Å². The maximum absolute atomic E-state index is 13.9. The Kier molecular flexibility index (Phi) is 3.22. The van der Waals surface area contributed by atoms with E-state index in [0.717, 1.165) is 11.1 Å². The number of rotatable bonds is 2. The van der Waals surface area contributed by atoms with Crippen LogP contribution in [-0.4, -0.2) is 0 Å². The van der Waals surface area contributed by atoms with Gasteiger partial charge in [-0.15, -0.1) is 0 Å². The second-order valence-corrected chi connectivity index (χ2v) is 4.47. The highest BCUT2D eigenvalue weighted by atomic mass is 35.5. The van der Waals surface area contributed by atoms with Gasteiger partial charge in [-0.1, -0.05) is 6.07 Å². The molecular formula is C13H13ClFNO. The van der Waals surface area contributed by atoms with Crippen molar-refractivity contribution in [1.82, 2.24) is 0 Å². The highest BCUT2D eigenvalue weighted by Gasteiger charge is 2.19. The Morgan fingerprint density at radius 1 is 1.29 bits per heavy atom. The molecule has 2 N–H and O–H groups in total. The predicted octanol–water partition coefficient (Wildman–Crippen LogP) is 3.74. The summed E-state index contributed by atoms with van der Waals surface area (Å²) in [5.41, 5.74) is 8.11. The van der Waals surface area contributed by atoms with Crippen molar-refractivity contribution in [2.24, 2.45) is 5.73 Å². The van der Waals surface area contributed by atoms with E-state index in [2.05, 4.69) is 0 Å². The van der Waals surface area contributed by atoms with Gasteiger partial charge in [-0.25, -0.2) is 4.39 Å². The fourth-order valence-electron chi connectivity index (χ4n) is 1.96. The van der Waals surface area contributed by atoms with Crippen molar-refractivity contribution in [3.8, 4) is 0 Å². The highest BCUT2D eigenvalue weighted by molar-refractivity contribution is 6.28. The van der Waals surface area contributed by atoms with Crippen LogP contribution in [0.4, 0.5) is 4.39 Å². The molecule has 0 saturated carbocycles. The Morgan fingerprint density at radius 2 is 2.00 bits per heavy atom. The lowest BCUT2D eigenvalue weighted by atomic mass is 9.97. The molecule has 0 aliphatic rings. The molecule has 1 aromatic carbocycles. The standard InChI is InChI=1S/C13H13ClFNO/c1-7-5-8(2)12(9(15)6-7)13(16)10-3-4-11(14)17-10/h3-6,13H,16H2,1-2H3. The normalized spacial score (nSPS) is 12.8. The number of halogens is 2. The summed E-state index contributed by atoms with van der Waals surface area (Å²) in [6.07, 6.45) is 0. The lowest BCUT2D eigenvalue weighted by molar-refractivity contribution is 0.481. The summed E-state index contributed by atoms with van der Waals surface area (Å²) in [7, 11) is 0. The molecule has 17 heavy (non-hydrogen) atoms. The van der Waals surface area contributed by atoms with E-state index in [1.807, 2.05) is 19.9 Å². The summed E-state index contributed by atoms with van der Waals surface area (Å²) >= 11 is 5.68. The molecule has 1 aromatic heterocycles. The lowest BCUT2D eigenvalue weighted by Gasteiger charge is -2.14. The number of hydrogen-bond acceptors (Lipinski definition) is 2. The molecule has 0 radical (unpaired) electrons. The fourth-order valence-corrected chi connectivity index (χ4v) is 2.11. The van der Waals surface area contributed by atoms with Crippen LogP contribution in [0.3, 0.4) is 0 Å². The van der Waals surface area contributed by atoms with Crippen molar-refractivity contribution < 1.29 is 8.81 Å². The summed E-state index contributed by atoms with van der Waals surface area (Å²) in [5, 5.41) is 0.251. The Labute approximate surface area is 104 Å². The molecule has 90 valence electrons. The molecule has 0 saturated heterocycles. The summed E-state index contributed by atoms with van der Waals surface area (Å²) < 4.78 is 19.1. The molecule has 2 rings (SSSR count). The molecule has 0 bridgehead atoms. The average molecular weight is 254 g/mol. The van der Waals surface area contributed by atoms with Crippen LogP contribution in [0.1, 0.15) is 28.5 Å². The minimum Gasteiger partial charge on any atom is -0.448 e. The molecule has 0 spiro atoms. The third kappa shape index (κ3) is 2.35. The van der Waals surface area contributed by atoms with Gasteiger partial charge in [0.05, 0.1) is 6.04 Å². The van der Waals surface area contributed by atoms with Gasteiger partial charge in [0, 0.05) is 5.56 Å². The van der Waals surface area contributed by atoms with Crippen molar-refractivity contribution in [2.75, 3.05) is 0 Å². The topological polar surface area (TPSA) is 39.2 Å². The minimum atomic E-state index is -0.636. The van der Waals surface area contributed by atoms with Crippen LogP contribution < -0.4 is 5.73 Å². The molecule has 0 amide bonds. The van der Waals surface area contributed by atoms with Crippen molar-refractivity contribution in [3.05, 3.63) is 57.8 Å².